The van der Waals surface area contributed by atoms with E-state index < -0.39 is 0 Å². The van der Waals surface area contributed by atoms with E-state index in [9.17, 15) is 4.79 Å². The van der Waals surface area contributed by atoms with Gasteiger partial charge >= 0.3 is 0 Å². The van der Waals surface area contributed by atoms with Gasteiger partial charge in [0.05, 0.1) is 23.8 Å². The van der Waals surface area contributed by atoms with Crippen molar-refractivity contribution in [2.75, 3.05) is 27.2 Å². The number of likely N-dealkylation sites (N-methyl/N-ethyl adjacent to an activating group) is 1. The van der Waals surface area contributed by atoms with Crippen LogP contribution in [0, 0.1) is 0 Å². The summed E-state index contributed by atoms with van der Waals surface area (Å²) in [6, 6.07) is 0.00528. The Kier molecular flexibility index (Phi) is 5.86. The molecule has 0 saturated carbocycles. The Labute approximate surface area is 153 Å². The van der Waals surface area contributed by atoms with Crippen LogP contribution >= 0.6 is 11.3 Å². The summed E-state index contributed by atoms with van der Waals surface area (Å²) in [7, 11) is 3.68. The molecule has 6 nitrogen and oxygen atoms in total. The standard InChI is InChI=1S/C18H27N5OS/c1-4-16(18(24)21(2)3)22-8-5-14(6-9-22)17-19-7-10-23(17)11-15-12-25-13-20-15/h7,10,12-14,16H,4-6,8-9,11H2,1-3H3. The lowest BCUT2D eigenvalue weighted by molar-refractivity contribution is -0.135. The van der Waals surface area contributed by atoms with E-state index in [2.05, 4.69) is 31.7 Å². The van der Waals surface area contributed by atoms with Gasteiger partial charge in [-0.3, -0.25) is 9.69 Å². The first kappa shape index (κ1) is 18.1. The fraction of sp³-hybridized carbons (Fsp3) is 0.611. The smallest absolute Gasteiger partial charge is 0.239 e. The van der Waals surface area contributed by atoms with Crippen molar-refractivity contribution in [3.8, 4) is 0 Å². The highest BCUT2D eigenvalue weighted by Crippen LogP contribution is 2.29. The van der Waals surface area contributed by atoms with Crippen LogP contribution < -0.4 is 0 Å². The number of imidazole rings is 1. The van der Waals surface area contributed by atoms with E-state index in [0.717, 1.165) is 50.4 Å². The molecule has 1 saturated heterocycles. The summed E-state index contributed by atoms with van der Waals surface area (Å²) in [6.07, 6.45) is 6.89. The van der Waals surface area contributed by atoms with Crippen molar-refractivity contribution < 1.29 is 4.79 Å². The Morgan fingerprint density at radius 1 is 1.36 bits per heavy atom. The summed E-state index contributed by atoms with van der Waals surface area (Å²) in [5.41, 5.74) is 2.96. The summed E-state index contributed by atoms with van der Waals surface area (Å²) in [6.45, 7) is 4.78. The molecule has 2 aromatic heterocycles. The third-order valence-electron chi connectivity index (χ3n) is 5.01. The molecule has 1 atom stereocenters. The summed E-state index contributed by atoms with van der Waals surface area (Å²) < 4.78 is 2.22. The number of thiazole rings is 1. The molecule has 1 aliphatic rings. The maximum absolute atomic E-state index is 12.4. The second-order valence-corrected chi connectivity index (χ2v) is 7.58. The highest BCUT2D eigenvalue weighted by molar-refractivity contribution is 7.07. The molecule has 1 aliphatic heterocycles. The van der Waals surface area contributed by atoms with Gasteiger partial charge in [-0.25, -0.2) is 9.97 Å². The zero-order chi connectivity index (χ0) is 17.8. The number of aromatic nitrogens is 3. The van der Waals surface area contributed by atoms with Crippen LogP contribution in [0.4, 0.5) is 0 Å². The second-order valence-electron chi connectivity index (χ2n) is 6.86. The molecule has 3 rings (SSSR count). The highest BCUT2D eigenvalue weighted by atomic mass is 32.1. The molecule has 1 unspecified atom stereocenters. The third kappa shape index (κ3) is 4.10. The molecular formula is C18H27N5OS. The van der Waals surface area contributed by atoms with Crippen LogP contribution in [-0.2, 0) is 11.3 Å². The van der Waals surface area contributed by atoms with Gasteiger partial charge in [-0.05, 0) is 32.4 Å². The van der Waals surface area contributed by atoms with Crippen LogP contribution in [0.2, 0.25) is 0 Å². The molecule has 7 heteroatoms. The SMILES string of the molecule is CCC(C(=O)N(C)C)N1CCC(c2nccn2Cc2cscn2)CC1. The molecule has 0 aromatic carbocycles. The molecule has 0 radical (unpaired) electrons. The number of rotatable bonds is 6. The molecule has 2 aromatic rings. The van der Waals surface area contributed by atoms with Gasteiger partial charge in [0.25, 0.3) is 0 Å². The number of nitrogens with zero attached hydrogens (tertiary/aromatic N) is 5. The average molecular weight is 362 g/mol. The predicted molar refractivity (Wildman–Crippen MR) is 99.8 cm³/mol. The maximum atomic E-state index is 12.4. The van der Waals surface area contributed by atoms with Gasteiger partial charge in [-0.1, -0.05) is 6.92 Å². The number of hydrogen-bond acceptors (Lipinski definition) is 5. The number of hydrogen-bond donors (Lipinski definition) is 0. The zero-order valence-corrected chi connectivity index (χ0v) is 16.1. The van der Waals surface area contributed by atoms with Crippen molar-refractivity contribution in [2.24, 2.45) is 0 Å². The van der Waals surface area contributed by atoms with E-state index in [0.29, 0.717) is 5.92 Å². The molecule has 1 amide bonds. The van der Waals surface area contributed by atoms with Crippen LogP contribution in [0.5, 0.6) is 0 Å². The lowest BCUT2D eigenvalue weighted by Crippen LogP contribution is -2.49. The number of piperidine rings is 1. The lowest BCUT2D eigenvalue weighted by atomic mass is 9.94. The molecule has 0 bridgehead atoms. The number of amides is 1. The van der Waals surface area contributed by atoms with Crippen molar-refractivity contribution in [1.29, 1.82) is 0 Å². The third-order valence-corrected chi connectivity index (χ3v) is 5.65. The first-order valence-electron chi connectivity index (χ1n) is 8.93. The normalized spacial score (nSPS) is 17.6. The summed E-state index contributed by atoms with van der Waals surface area (Å²) in [5, 5.41) is 2.09. The first-order chi connectivity index (χ1) is 12.1. The Bertz CT molecular complexity index is 673. The van der Waals surface area contributed by atoms with Crippen molar-refractivity contribution in [2.45, 2.75) is 44.7 Å². The average Bonchev–Trinajstić information content (AvgIpc) is 3.28. The van der Waals surface area contributed by atoms with Crippen LogP contribution in [0.3, 0.4) is 0 Å². The monoisotopic (exact) mass is 361 g/mol. The van der Waals surface area contributed by atoms with E-state index in [1.165, 1.54) is 0 Å². The fourth-order valence-corrected chi connectivity index (χ4v) is 4.21. The molecule has 25 heavy (non-hydrogen) atoms. The van der Waals surface area contributed by atoms with E-state index in [1.807, 2.05) is 32.0 Å². The molecule has 3 heterocycles. The van der Waals surface area contributed by atoms with Gasteiger partial charge in [0, 0.05) is 37.8 Å². The molecule has 136 valence electrons. The summed E-state index contributed by atoms with van der Waals surface area (Å²) in [4.78, 5) is 25.4. The van der Waals surface area contributed by atoms with Gasteiger partial charge < -0.3 is 9.47 Å². The number of carbonyl (C=O) groups excluding carboxylic acids is 1. The predicted octanol–water partition coefficient (Wildman–Crippen LogP) is 2.43. The molecule has 1 fully saturated rings. The molecular weight excluding hydrogens is 334 g/mol. The van der Waals surface area contributed by atoms with Crippen LogP contribution in [0.15, 0.2) is 23.3 Å². The lowest BCUT2D eigenvalue weighted by Gasteiger charge is -2.37. The Balaban J connectivity index is 1.63. The molecule has 0 spiro atoms. The topological polar surface area (TPSA) is 54.3 Å². The zero-order valence-electron chi connectivity index (χ0n) is 15.3. The number of likely N-dealkylation sites (tertiary alicyclic amines) is 1. The number of carbonyl (C=O) groups is 1. The van der Waals surface area contributed by atoms with E-state index in [1.54, 1.807) is 16.2 Å². The summed E-state index contributed by atoms with van der Waals surface area (Å²) >= 11 is 1.63. The molecule has 0 aliphatic carbocycles. The summed E-state index contributed by atoms with van der Waals surface area (Å²) in [5.74, 6) is 1.82. The maximum Gasteiger partial charge on any atom is 0.239 e. The Morgan fingerprint density at radius 3 is 2.72 bits per heavy atom. The van der Waals surface area contributed by atoms with Gasteiger partial charge in [-0.15, -0.1) is 11.3 Å². The van der Waals surface area contributed by atoms with Crippen molar-refractivity contribution in [1.82, 2.24) is 24.3 Å². The highest BCUT2D eigenvalue weighted by Gasteiger charge is 2.31. The minimum Gasteiger partial charge on any atom is -0.347 e. The van der Waals surface area contributed by atoms with Crippen LogP contribution in [0.1, 0.15) is 43.6 Å². The largest absolute Gasteiger partial charge is 0.347 e. The van der Waals surface area contributed by atoms with Gasteiger partial charge in [-0.2, -0.15) is 0 Å². The van der Waals surface area contributed by atoms with Crippen molar-refractivity contribution in [3.05, 3.63) is 34.8 Å². The quantitative estimate of drug-likeness (QED) is 0.793. The Hall–Kier alpha value is -1.73. The second kappa shape index (κ2) is 8.10. The van der Waals surface area contributed by atoms with E-state index in [4.69, 9.17) is 0 Å². The minimum atomic E-state index is 0.00528. The molecule has 0 N–H and O–H groups in total. The Morgan fingerprint density at radius 2 is 2.12 bits per heavy atom. The fourth-order valence-electron chi connectivity index (χ4n) is 3.66. The van der Waals surface area contributed by atoms with Gasteiger partial charge in [0.2, 0.25) is 5.91 Å². The van der Waals surface area contributed by atoms with Crippen LogP contribution in [-0.4, -0.2) is 63.5 Å². The van der Waals surface area contributed by atoms with Gasteiger partial charge in [0.15, 0.2) is 0 Å². The van der Waals surface area contributed by atoms with Crippen molar-refractivity contribution in [3.63, 3.8) is 0 Å². The van der Waals surface area contributed by atoms with Gasteiger partial charge in [0.1, 0.15) is 5.82 Å². The van der Waals surface area contributed by atoms with E-state index in [-0.39, 0.29) is 11.9 Å². The van der Waals surface area contributed by atoms with Crippen molar-refractivity contribution >= 4 is 17.2 Å². The minimum absolute atomic E-state index is 0.00528. The first-order valence-corrected chi connectivity index (χ1v) is 9.87. The van der Waals surface area contributed by atoms with Crippen LogP contribution in [0.25, 0.3) is 0 Å². The van der Waals surface area contributed by atoms with E-state index >= 15 is 0 Å².